The summed E-state index contributed by atoms with van der Waals surface area (Å²) in [5.74, 6) is 0. The Labute approximate surface area is 115 Å². The molecule has 0 saturated heterocycles. The average molecular weight is 293 g/mol. The lowest BCUT2D eigenvalue weighted by Crippen LogP contribution is -2.06. The summed E-state index contributed by atoms with van der Waals surface area (Å²) in [6.45, 7) is 0. The Morgan fingerprint density at radius 2 is 1.19 bits per heavy atom. The fraction of sp³-hybridized carbons (Fsp3) is 0.500. The van der Waals surface area contributed by atoms with Gasteiger partial charge in [-0.15, -0.1) is 23.5 Å². The number of halogens is 2. The molecule has 0 atom stereocenters. The largest absolute Gasteiger partial charge is 0.127 e. The summed E-state index contributed by atoms with van der Waals surface area (Å²) in [4.78, 5) is 2.31. The zero-order chi connectivity index (χ0) is 11.7. The van der Waals surface area contributed by atoms with E-state index < -0.39 is 0 Å². The van der Waals surface area contributed by atoms with Crippen LogP contribution in [0.25, 0.3) is 0 Å². The first-order valence-corrected chi connectivity index (χ1v) is 8.52. The van der Waals surface area contributed by atoms with Crippen molar-refractivity contribution >= 4 is 46.7 Å². The highest BCUT2D eigenvalue weighted by Gasteiger charge is 2.22. The molecular formula is C12H14Cl2S2. The maximum Gasteiger partial charge on any atom is 0.0588 e. The Morgan fingerprint density at radius 1 is 0.812 bits per heavy atom. The smallest absolute Gasteiger partial charge is 0.0588 e. The van der Waals surface area contributed by atoms with Gasteiger partial charge in [0.1, 0.15) is 0 Å². The molecule has 2 rings (SSSR count). The van der Waals surface area contributed by atoms with Crippen molar-refractivity contribution in [2.24, 2.45) is 0 Å². The van der Waals surface area contributed by atoms with Crippen LogP contribution < -0.4 is 0 Å². The molecule has 0 fully saturated rings. The van der Waals surface area contributed by atoms with Crippen LogP contribution in [-0.2, 0) is 12.8 Å². The molecule has 0 radical (unpaired) electrons. The van der Waals surface area contributed by atoms with E-state index >= 15 is 0 Å². The van der Waals surface area contributed by atoms with Crippen molar-refractivity contribution in [2.75, 3.05) is 12.5 Å². The van der Waals surface area contributed by atoms with Gasteiger partial charge >= 0.3 is 0 Å². The molecule has 0 heterocycles. The molecule has 0 N–H and O–H groups in total. The van der Waals surface area contributed by atoms with Crippen LogP contribution >= 0.6 is 46.7 Å². The Morgan fingerprint density at radius 3 is 1.50 bits per heavy atom. The molecule has 16 heavy (non-hydrogen) atoms. The minimum absolute atomic E-state index is 0.941. The molecule has 1 aromatic carbocycles. The third-order valence-electron chi connectivity index (χ3n) is 3.01. The van der Waals surface area contributed by atoms with Gasteiger partial charge in [0.05, 0.1) is 10.0 Å². The highest BCUT2D eigenvalue weighted by Crippen LogP contribution is 2.46. The van der Waals surface area contributed by atoms with E-state index in [4.69, 9.17) is 23.2 Å². The number of thioether (sulfide) groups is 2. The average Bonchev–Trinajstić information content (AvgIpc) is 2.33. The van der Waals surface area contributed by atoms with Crippen molar-refractivity contribution in [1.82, 2.24) is 0 Å². The molecule has 0 saturated carbocycles. The van der Waals surface area contributed by atoms with Crippen molar-refractivity contribution in [1.29, 1.82) is 0 Å². The highest BCUT2D eigenvalue weighted by atomic mass is 35.5. The number of rotatable bonds is 2. The van der Waals surface area contributed by atoms with Gasteiger partial charge in [-0.1, -0.05) is 23.2 Å². The number of hydrogen-bond donors (Lipinski definition) is 0. The molecule has 1 aromatic rings. The summed E-state index contributed by atoms with van der Waals surface area (Å²) in [6, 6.07) is 0. The monoisotopic (exact) mass is 292 g/mol. The summed E-state index contributed by atoms with van der Waals surface area (Å²) in [6.07, 6.45) is 8.75. The van der Waals surface area contributed by atoms with E-state index in [-0.39, 0.29) is 0 Å². The predicted molar refractivity (Wildman–Crippen MR) is 76.7 cm³/mol. The third-order valence-corrected chi connectivity index (χ3v) is 5.83. The molecule has 0 unspecified atom stereocenters. The quantitative estimate of drug-likeness (QED) is 0.677. The lowest BCUT2D eigenvalue weighted by Gasteiger charge is -2.23. The van der Waals surface area contributed by atoms with Crippen molar-refractivity contribution in [3.8, 4) is 0 Å². The Hall–Kier alpha value is 0.500. The molecule has 4 heteroatoms. The molecule has 0 nitrogen and oxygen atoms in total. The van der Waals surface area contributed by atoms with Gasteiger partial charge in [0, 0.05) is 9.79 Å². The van der Waals surface area contributed by atoms with Gasteiger partial charge in [-0.25, -0.2) is 0 Å². The first kappa shape index (κ1) is 12.9. The first-order chi connectivity index (χ1) is 7.70. The van der Waals surface area contributed by atoms with Crippen LogP contribution in [0.4, 0.5) is 0 Å². The zero-order valence-corrected chi connectivity index (χ0v) is 12.5. The topological polar surface area (TPSA) is 0 Å². The number of fused-ring (bicyclic) bond motifs is 1. The van der Waals surface area contributed by atoms with Crippen molar-refractivity contribution in [3.05, 3.63) is 21.2 Å². The highest BCUT2D eigenvalue weighted by molar-refractivity contribution is 8.01. The Balaban J connectivity index is 2.69. The van der Waals surface area contributed by atoms with Crippen molar-refractivity contribution < 1.29 is 0 Å². The van der Waals surface area contributed by atoms with Crippen LogP contribution in [0, 0.1) is 0 Å². The summed E-state index contributed by atoms with van der Waals surface area (Å²) >= 11 is 16.4. The second-order valence-electron chi connectivity index (χ2n) is 3.86. The standard InChI is InChI=1S/C12H14Cl2S2/c1-15-11-9(13)7-5-3-4-6-8(7)10(14)12(11)16-2/h3-6H2,1-2H3. The lowest BCUT2D eigenvalue weighted by molar-refractivity contribution is 0.681. The molecule has 1 aliphatic carbocycles. The molecule has 0 aromatic heterocycles. The summed E-state index contributed by atoms with van der Waals surface area (Å²) in [7, 11) is 0. The van der Waals surface area contributed by atoms with Crippen LogP contribution in [0.3, 0.4) is 0 Å². The van der Waals surface area contributed by atoms with Gasteiger partial charge in [-0.3, -0.25) is 0 Å². The van der Waals surface area contributed by atoms with Crippen LogP contribution in [0.2, 0.25) is 10.0 Å². The fourth-order valence-corrected chi connectivity index (χ4v) is 5.09. The van der Waals surface area contributed by atoms with Gasteiger partial charge in [0.2, 0.25) is 0 Å². The first-order valence-electron chi connectivity index (χ1n) is 5.31. The molecule has 0 spiro atoms. The number of hydrogen-bond acceptors (Lipinski definition) is 2. The van der Waals surface area contributed by atoms with Crippen LogP contribution in [0.1, 0.15) is 24.0 Å². The second kappa shape index (κ2) is 5.43. The van der Waals surface area contributed by atoms with Gasteiger partial charge in [0.25, 0.3) is 0 Å². The molecule has 1 aliphatic rings. The zero-order valence-electron chi connectivity index (χ0n) is 9.40. The molecule has 0 amide bonds. The summed E-state index contributed by atoms with van der Waals surface area (Å²) < 4.78 is 0. The van der Waals surface area contributed by atoms with Crippen LogP contribution in [0.15, 0.2) is 9.79 Å². The molecular weight excluding hydrogens is 279 g/mol. The van der Waals surface area contributed by atoms with E-state index in [1.807, 2.05) is 0 Å². The summed E-state index contributed by atoms with van der Waals surface area (Å²) in [5, 5.41) is 1.88. The molecule has 88 valence electrons. The van der Waals surface area contributed by atoms with Gasteiger partial charge in [-0.05, 0) is 49.3 Å². The molecule has 0 bridgehead atoms. The minimum Gasteiger partial charge on any atom is -0.127 e. The maximum atomic E-state index is 6.49. The second-order valence-corrected chi connectivity index (χ2v) is 6.25. The van der Waals surface area contributed by atoms with Gasteiger partial charge in [0.15, 0.2) is 0 Å². The van der Waals surface area contributed by atoms with Crippen molar-refractivity contribution in [2.45, 2.75) is 35.5 Å². The SMILES string of the molecule is CSc1c(Cl)c2c(c(Cl)c1SC)CCCC2. The predicted octanol–water partition coefficient (Wildman–Crippen LogP) is 5.32. The summed E-state index contributed by atoms with van der Waals surface area (Å²) in [5.41, 5.74) is 2.58. The molecule has 0 aliphatic heterocycles. The van der Waals surface area contributed by atoms with Gasteiger partial charge < -0.3 is 0 Å². The van der Waals surface area contributed by atoms with E-state index in [0.717, 1.165) is 32.7 Å². The fourth-order valence-electron chi connectivity index (χ4n) is 2.23. The Kier molecular flexibility index (Phi) is 4.39. The third kappa shape index (κ3) is 2.10. The van der Waals surface area contributed by atoms with Crippen molar-refractivity contribution in [3.63, 3.8) is 0 Å². The number of benzene rings is 1. The van der Waals surface area contributed by atoms with E-state index in [1.54, 1.807) is 23.5 Å². The Bertz CT molecular complexity index is 360. The van der Waals surface area contributed by atoms with E-state index in [1.165, 1.54) is 24.0 Å². The van der Waals surface area contributed by atoms with E-state index in [2.05, 4.69) is 12.5 Å². The maximum absolute atomic E-state index is 6.49. The normalized spacial score (nSPS) is 15.0. The van der Waals surface area contributed by atoms with E-state index in [0.29, 0.717) is 0 Å². The minimum atomic E-state index is 0.941. The van der Waals surface area contributed by atoms with Crippen LogP contribution in [0.5, 0.6) is 0 Å². The van der Waals surface area contributed by atoms with E-state index in [9.17, 15) is 0 Å². The van der Waals surface area contributed by atoms with Crippen LogP contribution in [-0.4, -0.2) is 12.5 Å². The van der Waals surface area contributed by atoms with Gasteiger partial charge in [-0.2, -0.15) is 0 Å². The lowest BCUT2D eigenvalue weighted by atomic mass is 9.91.